The first-order chi connectivity index (χ1) is 8.31. The van der Waals surface area contributed by atoms with Crippen molar-refractivity contribution in [3.63, 3.8) is 0 Å². The molecule has 0 aromatic heterocycles. The van der Waals surface area contributed by atoms with Crippen molar-refractivity contribution < 1.29 is 4.79 Å². The maximum absolute atomic E-state index is 11.8. The van der Waals surface area contributed by atoms with Gasteiger partial charge in [-0.1, -0.05) is 47.5 Å². The first-order valence-corrected chi connectivity index (χ1v) is 7.32. The lowest BCUT2D eigenvalue weighted by atomic mass is 9.81. The summed E-state index contributed by atoms with van der Waals surface area (Å²) >= 11 is 0. The lowest BCUT2D eigenvalue weighted by Gasteiger charge is -2.30. The molecule has 0 bridgehead atoms. The zero-order valence-corrected chi connectivity index (χ0v) is 13.1. The van der Waals surface area contributed by atoms with E-state index in [-0.39, 0.29) is 17.4 Å². The van der Waals surface area contributed by atoms with Crippen LogP contribution in [0, 0.1) is 11.3 Å². The van der Waals surface area contributed by atoms with Crippen LogP contribution in [0.1, 0.15) is 60.8 Å². The molecule has 0 heterocycles. The SMILES string of the molecule is CCCCCNC(=O)C(C)NCC(C)(C)C(C)C. The molecule has 3 nitrogen and oxygen atoms in total. The molecule has 0 fully saturated rings. The van der Waals surface area contributed by atoms with Crippen LogP contribution in [0.4, 0.5) is 0 Å². The second-order valence-electron chi connectivity index (χ2n) is 6.24. The average molecular weight is 256 g/mol. The Balaban J connectivity index is 3.87. The summed E-state index contributed by atoms with van der Waals surface area (Å²) in [6, 6.07) is -0.107. The molecule has 0 saturated carbocycles. The van der Waals surface area contributed by atoms with E-state index in [2.05, 4.69) is 45.3 Å². The fourth-order valence-electron chi connectivity index (χ4n) is 1.45. The average Bonchev–Trinajstić information content (AvgIpc) is 2.31. The normalized spacial score (nSPS) is 13.7. The van der Waals surface area contributed by atoms with Gasteiger partial charge in [0, 0.05) is 13.1 Å². The molecule has 1 amide bonds. The van der Waals surface area contributed by atoms with Crippen molar-refractivity contribution in [1.29, 1.82) is 0 Å². The van der Waals surface area contributed by atoms with Crippen molar-refractivity contribution >= 4 is 5.91 Å². The van der Waals surface area contributed by atoms with Gasteiger partial charge < -0.3 is 10.6 Å². The molecule has 3 heteroatoms. The van der Waals surface area contributed by atoms with E-state index >= 15 is 0 Å². The molecule has 0 radical (unpaired) electrons. The number of carbonyl (C=O) groups excluding carboxylic acids is 1. The molecule has 108 valence electrons. The maximum atomic E-state index is 11.8. The Morgan fingerprint density at radius 3 is 2.28 bits per heavy atom. The van der Waals surface area contributed by atoms with E-state index in [9.17, 15) is 4.79 Å². The van der Waals surface area contributed by atoms with Crippen molar-refractivity contribution in [2.45, 2.75) is 66.8 Å². The van der Waals surface area contributed by atoms with E-state index in [0.717, 1.165) is 19.5 Å². The molecule has 18 heavy (non-hydrogen) atoms. The summed E-state index contributed by atoms with van der Waals surface area (Å²) < 4.78 is 0. The van der Waals surface area contributed by atoms with Crippen LogP contribution < -0.4 is 10.6 Å². The largest absolute Gasteiger partial charge is 0.355 e. The van der Waals surface area contributed by atoms with Crippen LogP contribution in [0.5, 0.6) is 0 Å². The first kappa shape index (κ1) is 17.4. The van der Waals surface area contributed by atoms with Gasteiger partial charge in [0.05, 0.1) is 6.04 Å². The summed E-state index contributed by atoms with van der Waals surface area (Å²) in [5.41, 5.74) is 0.219. The predicted octanol–water partition coefficient (Wildman–Crippen LogP) is 2.95. The third-order valence-electron chi connectivity index (χ3n) is 3.90. The second-order valence-corrected chi connectivity index (χ2v) is 6.24. The van der Waals surface area contributed by atoms with Crippen molar-refractivity contribution in [3.05, 3.63) is 0 Å². The summed E-state index contributed by atoms with van der Waals surface area (Å²) in [6.45, 7) is 14.7. The summed E-state index contributed by atoms with van der Waals surface area (Å²) in [7, 11) is 0. The van der Waals surface area contributed by atoms with Gasteiger partial charge >= 0.3 is 0 Å². The number of amides is 1. The Bertz CT molecular complexity index is 237. The van der Waals surface area contributed by atoms with Gasteiger partial charge in [0.1, 0.15) is 0 Å². The van der Waals surface area contributed by atoms with Gasteiger partial charge in [0.25, 0.3) is 0 Å². The van der Waals surface area contributed by atoms with E-state index in [4.69, 9.17) is 0 Å². The van der Waals surface area contributed by atoms with Gasteiger partial charge in [0.15, 0.2) is 0 Å². The predicted molar refractivity (Wildman–Crippen MR) is 78.6 cm³/mol. The number of hydrogen-bond acceptors (Lipinski definition) is 2. The minimum absolute atomic E-state index is 0.107. The number of nitrogens with one attached hydrogen (secondary N) is 2. The van der Waals surface area contributed by atoms with Crippen molar-refractivity contribution in [2.24, 2.45) is 11.3 Å². The minimum Gasteiger partial charge on any atom is -0.355 e. The molecule has 1 atom stereocenters. The fourth-order valence-corrected chi connectivity index (χ4v) is 1.45. The monoisotopic (exact) mass is 256 g/mol. The van der Waals surface area contributed by atoms with Crippen molar-refractivity contribution in [2.75, 3.05) is 13.1 Å². The number of carbonyl (C=O) groups is 1. The third kappa shape index (κ3) is 7.00. The van der Waals surface area contributed by atoms with Crippen LogP contribution in [0.25, 0.3) is 0 Å². The topological polar surface area (TPSA) is 41.1 Å². The quantitative estimate of drug-likeness (QED) is 0.623. The highest BCUT2D eigenvalue weighted by Crippen LogP contribution is 2.24. The molecule has 0 aromatic rings. The molecule has 0 spiro atoms. The standard InChI is InChI=1S/C15H32N2O/c1-7-8-9-10-16-14(18)13(4)17-11-15(5,6)12(2)3/h12-13,17H,7-11H2,1-6H3,(H,16,18). The Kier molecular flexibility index (Phi) is 8.25. The van der Waals surface area contributed by atoms with Gasteiger partial charge in [-0.05, 0) is 24.7 Å². The van der Waals surface area contributed by atoms with E-state index in [1.165, 1.54) is 12.8 Å². The highest BCUT2D eigenvalue weighted by Gasteiger charge is 2.23. The lowest BCUT2D eigenvalue weighted by molar-refractivity contribution is -0.122. The molecule has 0 aliphatic heterocycles. The van der Waals surface area contributed by atoms with Crippen LogP contribution in [-0.2, 0) is 4.79 Å². The molecule has 0 aliphatic rings. The van der Waals surface area contributed by atoms with Gasteiger partial charge in [-0.15, -0.1) is 0 Å². The molecule has 0 aliphatic carbocycles. The summed E-state index contributed by atoms with van der Waals surface area (Å²) in [5.74, 6) is 0.718. The molecular weight excluding hydrogens is 224 g/mol. The maximum Gasteiger partial charge on any atom is 0.236 e. The molecule has 0 rings (SSSR count). The molecule has 1 unspecified atom stereocenters. The van der Waals surface area contributed by atoms with E-state index in [1.807, 2.05) is 6.92 Å². The third-order valence-corrected chi connectivity index (χ3v) is 3.90. The second kappa shape index (κ2) is 8.52. The lowest BCUT2D eigenvalue weighted by Crippen LogP contribution is -2.46. The van der Waals surface area contributed by atoms with E-state index in [1.54, 1.807) is 0 Å². The van der Waals surface area contributed by atoms with Gasteiger partial charge in [0.2, 0.25) is 5.91 Å². The van der Waals surface area contributed by atoms with Crippen LogP contribution in [0.3, 0.4) is 0 Å². The smallest absolute Gasteiger partial charge is 0.236 e. The van der Waals surface area contributed by atoms with Gasteiger partial charge in [-0.25, -0.2) is 0 Å². The Hall–Kier alpha value is -0.570. The zero-order valence-electron chi connectivity index (χ0n) is 13.1. The van der Waals surface area contributed by atoms with Gasteiger partial charge in [-0.2, -0.15) is 0 Å². The van der Waals surface area contributed by atoms with Crippen LogP contribution in [0.15, 0.2) is 0 Å². The van der Waals surface area contributed by atoms with Crippen molar-refractivity contribution in [1.82, 2.24) is 10.6 Å². The number of hydrogen-bond donors (Lipinski definition) is 2. The zero-order chi connectivity index (χ0) is 14.2. The van der Waals surface area contributed by atoms with Gasteiger partial charge in [-0.3, -0.25) is 4.79 Å². The van der Waals surface area contributed by atoms with E-state index in [0.29, 0.717) is 5.92 Å². The molecule has 0 saturated heterocycles. The van der Waals surface area contributed by atoms with Crippen LogP contribution >= 0.6 is 0 Å². The Labute approximate surface area is 113 Å². The summed E-state index contributed by atoms with van der Waals surface area (Å²) in [6.07, 6.45) is 3.45. The molecule has 2 N–H and O–H groups in total. The van der Waals surface area contributed by atoms with Crippen LogP contribution in [-0.4, -0.2) is 25.0 Å². The fraction of sp³-hybridized carbons (Fsp3) is 0.933. The first-order valence-electron chi connectivity index (χ1n) is 7.32. The van der Waals surface area contributed by atoms with E-state index < -0.39 is 0 Å². The minimum atomic E-state index is -0.107. The highest BCUT2D eigenvalue weighted by atomic mass is 16.2. The Morgan fingerprint density at radius 1 is 1.17 bits per heavy atom. The highest BCUT2D eigenvalue weighted by molar-refractivity contribution is 5.81. The van der Waals surface area contributed by atoms with Crippen molar-refractivity contribution in [3.8, 4) is 0 Å². The number of unbranched alkanes of at least 4 members (excludes halogenated alkanes) is 2. The number of rotatable bonds is 9. The Morgan fingerprint density at radius 2 is 1.78 bits per heavy atom. The summed E-state index contributed by atoms with van der Waals surface area (Å²) in [5, 5.41) is 6.31. The molecule has 0 aromatic carbocycles. The summed E-state index contributed by atoms with van der Waals surface area (Å²) in [4.78, 5) is 11.8. The van der Waals surface area contributed by atoms with Crippen LogP contribution in [0.2, 0.25) is 0 Å². The molecular formula is C15H32N2O.